The third kappa shape index (κ3) is 4.32. The lowest BCUT2D eigenvalue weighted by atomic mass is 9.49. The van der Waals surface area contributed by atoms with Crippen LogP contribution in [0.2, 0.25) is 0 Å². The Morgan fingerprint density at radius 1 is 0.871 bits per heavy atom. The number of anilines is 2. The third-order valence-electron chi connectivity index (χ3n) is 7.43. The highest BCUT2D eigenvalue weighted by Gasteiger charge is 2.54. The van der Waals surface area contributed by atoms with Crippen molar-refractivity contribution in [1.29, 1.82) is 0 Å². The van der Waals surface area contributed by atoms with Gasteiger partial charge in [0, 0.05) is 23.3 Å². The average Bonchev–Trinajstić information content (AvgIpc) is 2.71. The molecule has 0 spiro atoms. The molecule has 4 aliphatic rings. The second-order valence-corrected chi connectivity index (χ2v) is 10.0. The van der Waals surface area contributed by atoms with Crippen LogP contribution in [0.1, 0.15) is 49.7 Å². The smallest absolute Gasteiger partial charge is 0.323 e. The molecule has 6 rings (SSSR count). The normalized spacial score (nSPS) is 28.2. The zero-order valence-corrected chi connectivity index (χ0v) is 18.1. The highest BCUT2D eigenvalue weighted by Crippen LogP contribution is 2.60. The highest BCUT2D eigenvalue weighted by molar-refractivity contribution is 5.99. The molecule has 0 radical (unpaired) electrons. The number of amides is 3. The SMILES string of the molecule is Cc1cccc(NC(=O)Nc2cccc(CNC(=O)C34CC5CC(CC(C5)C3)C4)c2)c1. The summed E-state index contributed by atoms with van der Waals surface area (Å²) in [6.45, 7) is 2.49. The van der Waals surface area contributed by atoms with Crippen molar-refractivity contribution in [3.8, 4) is 0 Å². The van der Waals surface area contributed by atoms with Crippen LogP contribution < -0.4 is 16.0 Å². The molecule has 3 amide bonds. The molecule has 4 bridgehead atoms. The van der Waals surface area contributed by atoms with Gasteiger partial charge >= 0.3 is 6.03 Å². The van der Waals surface area contributed by atoms with Crippen LogP contribution in [0.15, 0.2) is 48.5 Å². The van der Waals surface area contributed by atoms with Gasteiger partial charge in [-0.2, -0.15) is 0 Å². The highest BCUT2D eigenvalue weighted by atomic mass is 16.2. The number of rotatable bonds is 5. The minimum Gasteiger partial charge on any atom is -0.352 e. The first-order valence-corrected chi connectivity index (χ1v) is 11.5. The van der Waals surface area contributed by atoms with Gasteiger partial charge in [0.15, 0.2) is 0 Å². The molecule has 0 aliphatic heterocycles. The van der Waals surface area contributed by atoms with Crippen molar-refractivity contribution >= 4 is 23.3 Å². The van der Waals surface area contributed by atoms with Crippen LogP contribution in [0.5, 0.6) is 0 Å². The van der Waals surface area contributed by atoms with Crippen molar-refractivity contribution in [3.63, 3.8) is 0 Å². The van der Waals surface area contributed by atoms with Crippen LogP contribution in [0.3, 0.4) is 0 Å². The van der Waals surface area contributed by atoms with Crippen molar-refractivity contribution in [2.75, 3.05) is 10.6 Å². The van der Waals surface area contributed by atoms with E-state index >= 15 is 0 Å². The number of benzene rings is 2. The predicted octanol–water partition coefficient (Wildman–Crippen LogP) is 5.47. The van der Waals surface area contributed by atoms with E-state index < -0.39 is 0 Å². The van der Waals surface area contributed by atoms with Crippen LogP contribution >= 0.6 is 0 Å². The summed E-state index contributed by atoms with van der Waals surface area (Å²) in [5.41, 5.74) is 3.43. The number of hydrogen-bond donors (Lipinski definition) is 3. The van der Waals surface area contributed by atoms with Gasteiger partial charge in [-0.05, 0) is 98.6 Å². The number of urea groups is 1. The van der Waals surface area contributed by atoms with Gasteiger partial charge in [-0.25, -0.2) is 4.79 Å². The van der Waals surface area contributed by atoms with E-state index in [-0.39, 0.29) is 17.4 Å². The van der Waals surface area contributed by atoms with Crippen molar-refractivity contribution < 1.29 is 9.59 Å². The predicted molar refractivity (Wildman–Crippen MR) is 123 cm³/mol. The third-order valence-corrected chi connectivity index (χ3v) is 7.43. The maximum Gasteiger partial charge on any atom is 0.323 e. The minimum atomic E-state index is -0.277. The quantitative estimate of drug-likeness (QED) is 0.604. The van der Waals surface area contributed by atoms with Crippen molar-refractivity contribution in [2.24, 2.45) is 23.2 Å². The van der Waals surface area contributed by atoms with Crippen LogP contribution in [0.25, 0.3) is 0 Å². The Kier molecular flexibility index (Phi) is 5.20. The van der Waals surface area contributed by atoms with Gasteiger partial charge in [0.2, 0.25) is 5.91 Å². The summed E-state index contributed by atoms with van der Waals surface area (Å²) in [5.74, 6) is 2.52. The van der Waals surface area contributed by atoms with Gasteiger partial charge in [0.05, 0.1) is 0 Å². The molecule has 0 atom stereocenters. The van der Waals surface area contributed by atoms with Crippen LogP contribution in [-0.4, -0.2) is 11.9 Å². The summed E-state index contributed by atoms with van der Waals surface area (Å²) in [6, 6.07) is 15.1. The lowest BCUT2D eigenvalue weighted by molar-refractivity contribution is -0.146. The molecule has 0 saturated heterocycles. The van der Waals surface area contributed by atoms with Crippen molar-refractivity contribution in [1.82, 2.24) is 5.32 Å². The molecule has 0 aromatic heterocycles. The zero-order valence-electron chi connectivity index (χ0n) is 18.1. The number of aryl methyl sites for hydroxylation is 1. The number of nitrogens with one attached hydrogen (secondary N) is 3. The monoisotopic (exact) mass is 417 g/mol. The lowest BCUT2D eigenvalue weighted by Crippen LogP contribution is -2.53. The first-order valence-electron chi connectivity index (χ1n) is 11.5. The van der Waals surface area contributed by atoms with E-state index in [0.717, 1.165) is 53.8 Å². The van der Waals surface area contributed by atoms with Gasteiger partial charge in [-0.3, -0.25) is 4.79 Å². The molecule has 3 N–H and O–H groups in total. The summed E-state index contributed by atoms with van der Waals surface area (Å²) < 4.78 is 0. The van der Waals surface area contributed by atoms with E-state index in [1.165, 1.54) is 19.3 Å². The Labute approximate surface area is 184 Å². The van der Waals surface area contributed by atoms with Gasteiger partial charge in [0.25, 0.3) is 0 Å². The molecular weight excluding hydrogens is 386 g/mol. The average molecular weight is 418 g/mol. The molecule has 2 aromatic rings. The molecule has 0 heterocycles. The fraction of sp³-hybridized carbons (Fsp3) is 0.462. The van der Waals surface area contributed by atoms with Gasteiger partial charge < -0.3 is 16.0 Å². The van der Waals surface area contributed by atoms with E-state index in [2.05, 4.69) is 16.0 Å². The summed E-state index contributed by atoms with van der Waals surface area (Å²) in [5, 5.41) is 8.95. The van der Waals surface area contributed by atoms with E-state index in [4.69, 9.17) is 0 Å². The molecule has 31 heavy (non-hydrogen) atoms. The maximum atomic E-state index is 13.2. The molecule has 162 valence electrons. The molecule has 2 aromatic carbocycles. The van der Waals surface area contributed by atoms with E-state index in [1.807, 2.05) is 55.5 Å². The number of hydrogen-bond acceptors (Lipinski definition) is 2. The summed E-state index contributed by atoms with van der Waals surface area (Å²) in [6.07, 6.45) is 7.24. The molecule has 5 nitrogen and oxygen atoms in total. The van der Waals surface area contributed by atoms with Gasteiger partial charge in [-0.1, -0.05) is 24.3 Å². The van der Waals surface area contributed by atoms with Gasteiger partial charge in [0.1, 0.15) is 0 Å². The van der Waals surface area contributed by atoms with E-state index in [0.29, 0.717) is 12.2 Å². The minimum absolute atomic E-state index is 0.127. The first-order chi connectivity index (χ1) is 15.0. The van der Waals surface area contributed by atoms with Gasteiger partial charge in [-0.15, -0.1) is 0 Å². The maximum absolute atomic E-state index is 13.2. The number of carbonyl (C=O) groups excluding carboxylic acids is 2. The Bertz CT molecular complexity index is 964. The van der Waals surface area contributed by atoms with Crippen LogP contribution in [0, 0.1) is 30.1 Å². The largest absolute Gasteiger partial charge is 0.352 e. The second kappa shape index (κ2) is 8.03. The molecular formula is C26H31N3O2. The number of carbonyl (C=O) groups is 2. The Morgan fingerprint density at radius 2 is 1.45 bits per heavy atom. The fourth-order valence-electron chi connectivity index (χ4n) is 6.53. The molecule has 0 unspecified atom stereocenters. The summed E-state index contributed by atoms with van der Waals surface area (Å²) in [7, 11) is 0. The molecule has 5 heteroatoms. The fourth-order valence-corrected chi connectivity index (χ4v) is 6.53. The van der Waals surface area contributed by atoms with E-state index in [1.54, 1.807) is 0 Å². The second-order valence-electron chi connectivity index (χ2n) is 10.0. The standard InChI is InChI=1S/C26H31N3O2/c1-17-4-2-6-22(8-17)28-25(31)29-23-7-3-5-18(12-23)16-27-24(30)26-13-19-9-20(14-26)11-21(10-19)15-26/h2-8,12,19-21H,9-11,13-16H2,1H3,(H,27,30)(H2,28,29,31). The first kappa shape index (κ1) is 20.1. The van der Waals surface area contributed by atoms with Crippen LogP contribution in [0.4, 0.5) is 16.2 Å². The Morgan fingerprint density at radius 3 is 2.06 bits per heavy atom. The molecule has 4 fully saturated rings. The lowest BCUT2D eigenvalue weighted by Gasteiger charge is -2.55. The Balaban J connectivity index is 1.18. The summed E-state index contributed by atoms with van der Waals surface area (Å²) in [4.78, 5) is 25.5. The summed E-state index contributed by atoms with van der Waals surface area (Å²) >= 11 is 0. The zero-order chi connectivity index (χ0) is 21.4. The molecule has 4 saturated carbocycles. The Hall–Kier alpha value is -2.82. The van der Waals surface area contributed by atoms with E-state index in [9.17, 15) is 9.59 Å². The van der Waals surface area contributed by atoms with Crippen molar-refractivity contribution in [2.45, 2.75) is 52.0 Å². The topological polar surface area (TPSA) is 70.2 Å². The van der Waals surface area contributed by atoms with Crippen molar-refractivity contribution in [3.05, 3.63) is 59.7 Å². The van der Waals surface area contributed by atoms with Crippen LogP contribution in [-0.2, 0) is 11.3 Å². The molecule has 4 aliphatic carbocycles.